The Hall–Kier alpha value is 0.0600. The predicted octanol–water partition coefficient (Wildman–Crippen LogP) is 13.8. The molecule has 0 aliphatic heterocycles. The maximum Gasteiger partial charge on any atom is 1.00 e. The molecule has 0 aromatic rings. The van der Waals surface area contributed by atoms with Crippen molar-refractivity contribution in [1.82, 2.24) is 5.32 Å². The molecule has 21 heteroatoms. The second-order valence-corrected chi connectivity index (χ2v) is 29.3. The van der Waals surface area contributed by atoms with E-state index in [1.54, 1.807) is 0 Å². The molecular weight excluding hydrogens is 1250 g/mol. The normalized spacial score (nSPS) is 13.6. The van der Waals surface area contributed by atoms with Crippen molar-refractivity contribution in [2.45, 2.75) is 406 Å². The van der Waals surface area contributed by atoms with Gasteiger partial charge in [-0.15, -0.1) is 0 Å². The summed E-state index contributed by atoms with van der Waals surface area (Å²) in [4.78, 5) is 77.5. The number of phosphoric ester groups is 2. The predicted molar refractivity (Wildman–Crippen MR) is 370 cm³/mol. The zero-order valence-electron chi connectivity index (χ0n) is 61.5. The third-order valence-electron chi connectivity index (χ3n) is 17.2. The summed E-state index contributed by atoms with van der Waals surface area (Å²) >= 11 is 0. The first-order valence-corrected chi connectivity index (χ1v) is 41.3. The van der Waals surface area contributed by atoms with Crippen molar-refractivity contribution in [2.24, 2.45) is 0 Å². The van der Waals surface area contributed by atoms with E-state index in [-0.39, 0.29) is 97.3 Å². The average molecular weight is 1400 g/mol. The molecule has 94 heavy (non-hydrogen) atoms. The minimum absolute atomic E-state index is 0. The first-order chi connectivity index (χ1) is 44.7. The van der Waals surface area contributed by atoms with Crippen LogP contribution in [0.4, 0.5) is 0 Å². The number of phosphoric acid groups is 2. The van der Waals surface area contributed by atoms with E-state index in [4.69, 9.17) is 32.3 Å². The molecule has 5 unspecified atom stereocenters. The summed E-state index contributed by atoms with van der Waals surface area (Å²) in [7, 11) is -10.4. The second-order valence-electron chi connectivity index (χ2n) is 26.4. The van der Waals surface area contributed by atoms with Crippen LogP contribution in [0.3, 0.4) is 0 Å². The van der Waals surface area contributed by atoms with E-state index in [1.165, 1.54) is 225 Å². The van der Waals surface area contributed by atoms with E-state index in [0.717, 1.165) is 83.5 Å². The Morgan fingerprint density at radius 2 is 0.553 bits per heavy atom. The summed E-state index contributed by atoms with van der Waals surface area (Å²) < 4.78 is 62.2. The molecule has 0 aliphatic carbocycles. The van der Waals surface area contributed by atoms with Crippen molar-refractivity contribution in [2.75, 3.05) is 39.6 Å². The van der Waals surface area contributed by atoms with Crippen LogP contribution in [0.25, 0.3) is 0 Å². The van der Waals surface area contributed by atoms with Gasteiger partial charge in [0.05, 0.1) is 32.5 Å². The first kappa shape index (κ1) is 98.2. The molecule has 17 nitrogen and oxygen atoms in total. The van der Waals surface area contributed by atoms with Crippen molar-refractivity contribution in [3.63, 3.8) is 0 Å². The molecule has 0 saturated heterocycles. The van der Waals surface area contributed by atoms with E-state index in [1.807, 2.05) is 0 Å². The molecule has 5 atom stereocenters. The van der Waals surface area contributed by atoms with Gasteiger partial charge in [0, 0.05) is 25.7 Å². The molecule has 0 aromatic carbocycles. The molecular formula is C73H141NNa2O16P2. The Bertz CT molecular complexity index is 1650. The summed E-state index contributed by atoms with van der Waals surface area (Å²) in [5.41, 5.74) is 0. The van der Waals surface area contributed by atoms with Crippen LogP contribution in [0, 0.1) is 0 Å². The van der Waals surface area contributed by atoms with E-state index < -0.39 is 84.8 Å². The van der Waals surface area contributed by atoms with Crippen molar-refractivity contribution >= 4 is 39.5 Å². The van der Waals surface area contributed by atoms with Crippen LogP contribution in [0.1, 0.15) is 387 Å². The van der Waals surface area contributed by atoms with Gasteiger partial charge in [-0.25, -0.2) is 0 Å². The SMILES string of the molecule is CCCCCCCCCCCCCCCC(=O)NC(COC(=O)CCCCCCCCCCCCCCC)COP(=O)([O-])OCC(O)COP(=O)([O-])OCC(COC(=O)CCCCCCCCCCCCCCC)OC(=O)CCCCCCCCCCCCCCC.[Na+].[Na+]. The summed E-state index contributed by atoms with van der Waals surface area (Å²) in [5, 5.41) is 13.3. The monoisotopic (exact) mass is 1400 g/mol. The van der Waals surface area contributed by atoms with Gasteiger partial charge in [-0.2, -0.15) is 0 Å². The van der Waals surface area contributed by atoms with Gasteiger partial charge in [-0.3, -0.25) is 28.3 Å². The molecule has 0 aromatic heterocycles. The van der Waals surface area contributed by atoms with Crippen LogP contribution in [-0.4, -0.2) is 86.8 Å². The maximum atomic E-state index is 13.1. The van der Waals surface area contributed by atoms with E-state index in [2.05, 4.69) is 33.0 Å². The minimum atomic E-state index is -5.21. The quantitative estimate of drug-likeness (QED) is 0.0189. The first-order valence-electron chi connectivity index (χ1n) is 38.3. The molecule has 0 heterocycles. The third kappa shape index (κ3) is 73.3. The van der Waals surface area contributed by atoms with Gasteiger partial charge in [0.15, 0.2) is 6.10 Å². The van der Waals surface area contributed by atoms with Crippen LogP contribution < -0.4 is 74.2 Å². The number of hydrogen-bond acceptors (Lipinski definition) is 16. The van der Waals surface area contributed by atoms with Gasteiger partial charge in [0.2, 0.25) is 5.91 Å². The molecule has 0 rings (SSSR count). The molecule has 0 aliphatic rings. The van der Waals surface area contributed by atoms with Crippen LogP contribution in [0.5, 0.6) is 0 Å². The van der Waals surface area contributed by atoms with E-state index in [0.29, 0.717) is 25.7 Å². The van der Waals surface area contributed by atoms with Crippen molar-refractivity contribution in [3.8, 4) is 0 Å². The Kier molecular flexibility index (Phi) is 77.6. The molecule has 0 saturated carbocycles. The summed E-state index contributed by atoms with van der Waals surface area (Å²) in [5.74, 6) is -1.91. The van der Waals surface area contributed by atoms with Crippen molar-refractivity contribution < 1.29 is 135 Å². The zero-order chi connectivity index (χ0) is 67.5. The minimum Gasteiger partial charge on any atom is -0.756 e. The standard InChI is InChI=1S/C73H143NO16P2.2Na/c1-5-9-13-17-21-25-29-33-37-41-45-49-53-57-70(76)74-67(61-84-71(77)58-54-50-46-42-38-34-30-26-22-18-14-10-6-2)62-86-91(80,81)87-63-68(75)64-88-92(82,83)89-66-69(90-73(79)60-56-52-48-44-40-36-32-28-24-20-16-12-8-4)65-85-72(78)59-55-51-47-43-39-35-31-27-23-19-15-11-7-3;;/h67-69,75H,5-66H2,1-4H3,(H,74,76)(H,80,81)(H,82,83);;/q;2*+1/p-2. The van der Waals surface area contributed by atoms with Gasteiger partial charge in [-0.1, -0.05) is 336 Å². The number of unbranched alkanes of at least 4 members (excludes halogenated alkanes) is 48. The van der Waals surface area contributed by atoms with Crippen molar-refractivity contribution in [1.29, 1.82) is 0 Å². The fraction of sp³-hybridized carbons (Fsp3) is 0.945. The molecule has 0 fully saturated rings. The molecule has 0 spiro atoms. The van der Waals surface area contributed by atoms with Crippen LogP contribution in [0.2, 0.25) is 0 Å². The topological polar surface area (TPSA) is 245 Å². The number of ether oxygens (including phenoxy) is 3. The van der Waals surface area contributed by atoms with Crippen LogP contribution >= 0.6 is 15.6 Å². The van der Waals surface area contributed by atoms with Crippen molar-refractivity contribution in [3.05, 3.63) is 0 Å². The van der Waals surface area contributed by atoms with Gasteiger partial charge in [-0.05, 0) is 25.7 Å². The number of carbonyl (C=O) groups is 4. The summed E-state index contributed by atoms with van der Waals surface area (Å²) in [6.07, 6.45) is 57.7. The van der Waals surface area contributed by atoms with Crippen LogP contribution in [0.15, 0.2) is 0 Å². The number of amides is 1. The molecule has 546 valence electrons. The maximum absolute atomic E-state index is 13.1. The summed E-state index contributed by atoms with van der Waals surface area (Å²) in [6, 6.07) is -1.03. The van der Waals surface area contributed by atoms with Gasteiger partial charge in [0.1, 0.15) is 19.3 Å². The van der Waals surface area contributed by atoms with Crippen LogP contribution in [-0.2, 0) is 60.6 Å². The second kappa shape index (κ2) is 74.3. The van der Waals surface area contributed by atoms with E-state index >= 15 is 0 Å². The molecule has 2 N–H and O–H groups in total. The number of aliphatic hydroxyl groups excluding tert-OH is 1. The fourth-order valence-corrected chi connectivity index (χ4v) is 12.9. The third-order valence-corrected chi connectivity index (χ3v) is 19.1. The number of carbonyl (C=O) groups excluding carboxylic acids is 4. The fourth-order valence-electron chi connectivity index (χ4n) is 11.3. The Morgan fingerprint density at radius 1 is 0.319 bits per heavy atom. The Morgan fingerprint density at radius 3 is 0.851 bits per heavy atom. The average Bonchev–Trinajstić information content (AvgIpc) is 2.29. The zero-order valence-corrected chi connectivity index (χ0v) is 67.3. The number of hydrogen-bond donors (Lipinski definition) is 2. The smallest absolute Gasteiger partial charge is 0.756 e. The van der Waals surface area contributed by atoms with Gasteiger partial charge >= 0.3 is 77.0 Å². The Balaban J connectivity index is -0.0000414. The largest absolute Gasteiger partial charge is 1.00 e. The molecule has 0 bridgehead atoms. The molecule has 1 amide bonds. The van der Waals surface area contributed by atoms with Gasteiger partial charge < -0.3 is 52.5 Å². The number of esters is 3. The number of nitrogens with one attached hydrogen (secondary N) is 1. The summed E-state index contributed by atoms with van der Waals surface area (Å²) in [6.45, 7) is 4.85. The van der Waals surface area contributed by atoms with E-state index in [9.17, 15) is 43.2 Å². The number of aliphatic hydroxyl groups is 1. The van der Waals surface area contributed by atoms with Gasteiger partial charge in [0.25, 0.3) is 15.6 Å². The number of rotatable bonds is 74. The Labute approximate surface area is 619 Å². The molecule has 0 radical (unpaired) electrons.